The van der Waals surface area contributed by atoms with Crippen LogP contribution in [0.5, 0.6) is 5.75 Å². The molecular formula is C22H26FN3O4. The van der Waals surface area contributed by atoms with Crippen molar-refractivity contribution in [1.82, 2.24) is 9.88 Å². The summed E-state index contributed by atoms with van der Waals surface area (Å²) >= 11 is 0. The molecule has 1 aliphatic rings. The number of hydrogen-bond donors (Lipinski definition) is 2. The number of aliphatic carboxylic acids is 1. The fourth-order valence-electron chi connectivity index (χ4n) is 3.63. The highest BCUT2D eigenvalue weighted by molar-refractivity contribution is 5.84. The number of fused-ring (bicyclic) bond motifs is 1. The molecule has 1 aromatic carbocycles. The maximum Gasteiger partial charge on any atom is 0.304 e. The highest BCUT2D eigenvalue weighted by Crippen LogP contribution is 2.28. The fraction of sp³-hybridized carbons (Fsp3) is 0.409. The van der Waals surface area contributed by atoms with Crippen LogP contribution in [0.3, 0.4) is 0 Å². The lowest BCUT2D eigenvalue weighted by atomic mass is 9.94. The summed E-state index contributed by atoms with van der Waals surface area (Å²) in [4.78, 5) is 29.7. The molecule has 7 nitrogen and oxygen atoms in total. The van der Waals surface area contributed by atoms with Gasteiger partial charge in [-0.25, -0.2) is 9.37 Å². The molecule has 160 valence electrons. The normalized spacial score (nSPS) is 16.0. The Labute approximate surface area is 174 Å². The van der Waals surface area contributed by atoms with Crippen molar-refractivity contribution in [3.8, 4) is 5.75 Å². The predicted molar refractivity (Wildman–Crippen MR) is 110 cm³/mol. The van der Waals surface area contributed by atoms with Crippen molar-refractivity contribution >= 4 is 17.7 Å². The lowest BCUT2D eigenvalue weighted by Gasteiger charge is -2.22. The first-order chi connectivity index (χ1) is 14.5. The van der Waals surface area contributed by atoms with Crippen LogP contribution in [0.15, 0.2) is 36.4 Å². The third-order valence-electron chi connectivity index (χ3n) is 5.13. The number of carbonyl (C=O) groups is 2. The van der Waals surface area contributed by atoms with Crippen LogP contribution in [0.1, 0.15) is 23.2 Å². The zero-order valence-corrected chi connectivity index (χ0v) is 16.9. The minimum Gasteiger partial charge on any atom is -0.493 e. The summed E-state index contributed by atoms with van der Waals surface area (Å²) in [6, 6.07) is 11.3. The maximum atomic E-state index is 13.0. The van der Waals surface area contributed by atoms with E-state index in [1.807, 2.05) is 43.4 Å². The van der Waals surface area contributed by atoms with E-state index in [0.29, 0.717) is 25.2 Å². The molecule has 1 atom stereocenters. The summed E-state index contributed by atoms with van der Waals surface area (Å²) in [5.74, 6) is -0.585. The van der Waals surface area contributed by atoms with Gasteiger partial charge in [-0.3, -0.25) is 9.59 Å². The lowest BCUT2D eigenvalue weighted by Crippen LogP contribution is -2.36. The molecule has 0 aliphatic carbocycles. The van der Waals surface area contributed by atoms with Crippen LogP contribution in [0, 0.1) is 5.92 Å². The van der Waals surface area contributed by atoms with Crippen molar-refractivity contribution in [2.45, 2.75) is 25.8 Å². The van der Waals surface area contributed by atoms with E-state index in [-0.39, 0.29) is 25.4 Å². The van der Waals surface area contributed by atoms with E-state index < -0.39 is 18.6 Å². The number of rotatable bonds is 9. The van der Waals surface area contributed by atoms with Crippen molar-refractivity contribution in [3.05, 3.63) is 53.2 Å². The van der Waals surface area contributed by atoms with Gasteiger partial charge in [0.2, 0.25) is 5.91 Å². The Hall–Kier alpha value is -3.16. The average molecular weight is 415 g/mol. The van der Waals surface area contributed by atoms with Crippen LogP contribution in [0.2, 0.25) is 0 Å². The number of nitrogens with one attached hydrogen (secondary N) is 1. The summed E-state index contributed by atoms with van der Waals surface area (Å²) in [5.41, 5.74) is 2.66. The summed E-state index contributed by atoms with van der Waals surface area (Å²) in [6.07, 6.45) is 0.696. The first-order valence-electron chi connectivity index (χ1n) is 9.95. The van der Waals surface area contributed by atoms with E-state index in [1.165, 1.54) is 4.90 Å². The number of carbonyl (C=O) groups excluding carboxylic acids is 1. The molecule has 0 saturated heterocycles. The molecule has 2 heterocycles. The van der Waals surface area contributed by atoms with Gasteiger partial charge in [-0.15, -0.1) is 0 Å². The Morgan fingerprint density at radius 2 is 2.17 bits per heavy atom. The molecule has 0 bridgehead atoms. The summed E-state index contributed by atoms with van der Waals surface area (Å²) in [7, 11) is 1.82. The summed E-state index contributed by atoms with van der Waals surface area (Å²) < 4.78 is 18.8. The first kappa shape index (κ1) is 21.5. The number of anilines is 1. The second-order valence-electron chi connectivity index (χ2n) is 7.24. The lowest BCUT2D eigenvalue weighted by molar-refractivity contribution is -0.144. The topological polar surface area (TPSA) is 91.8 Å². The molecule has 0 saturated carbocycles. The number of ether oxygens (including phenoxy) is 1. The molecule has 0 unspecified atom stereocenters. The molecule has 0 spiro atoms. The molecule has 1 aliphatic heterocycles. The van der Waals surface area contributed by atoms with Gasteiger partial charge in [-0.1, -0.05) is 12.1 Å². The number of amides is 1. The predicted octanol–water partition coefficient (Wildman–Crippen LogP) is 2.69. The van der Waals surface area contributed by atoms with Gasteiger partial charge in [0, 0.05) is 32.3 Å². The molecule has 3 rings (SSSR count). The second-order valence-corrected chi connectivity index (χ2v) is 7.24. The molecule has 2 N–H and O–H groups in total. The van der Waals surface area contributed by atoms with Crippen LogP contribution < -0.4 is 10.1 Å². The molecular weight excluding hydrogens is 389 g/mol. The van der Waals surface area contributed by atoms with Crippen molar-refractivity contribution in [2.24, 2.45) is 5.92 Å². The van der Waals surface area contributed by atoms with E-state index in [2.05, 4.69) is 10.3 Å². The molecule has 0 fully saturated rings. The molecule has 30 heavy (non-hydrogen) atoms. The zero-order chi connectivity index (χ0) is 21.5. The number of halogens is 1. The zero-order valence-electron chi connectivity index (χ0n) is 16.9. The van der Waals surface area contributed by atoms with E-state index in [0.717, 1.165) is 22.6 Å². The van der Waals surface area contributed by atoms with Crippen LogP contribution >= 0.6 is 0 Å². The van der Waals surface area contributed by atoms with E-state index in [9.17, 15) is 14.0 Å². The third kappa shape index (κ3) is 5.46. The highest BCUT2D eigenvalue weighted by Gasteiger charge is 2.31. The van der Waals surface area contributed by atoms with Crippen LogP contribution in [-0.4, -0.2) is 53.7 Å². The summed E-state index contributed by atoms with van der Waals surface area (Å²) in [6.45, 7) is -0.0341. The fourth-order valence-corrected chi connectivity index (χ4v) is 3.63. The van der Waals surface area contributed by atoms with Crippen molar-refractivity contribution in [3.63, 3.8) is 0 Å². The molecule has 1 aromatic heterocycles. The van der Waals surface area contributed by atoms with Crippen molar-refractivity contribution < 1.29 is 23.8 Å². The number of pyridine rings is 1. The van der Waals surface area contributed by atoms with Crippen molar-refractivity contribution in [2.75, 3.05) is 32.2 Å². The van der Waals surface area contributed by atoms with E-state index in [1.54, 1.807) is 0 Å². The Balaban J connectivity index is 1.71. The Morgan fingerprint density at radius 1 is 1.33 bits per heavy atom. The monoisotopic (exact) mass is 415 g/mol. The van der Waals surface area contributed by atoms with Gasteiger partial charge in [0.05, 0.1) is 18.9 Å². The maximum absolute atomic E-state index is 13.0. The van der Waals surface area contributed by atoms with Gasteiger partial charge < -0.3 is 20.1 Å². The van der Waals surface area contributed by atoms with Gasteiger partial charge in [0.25, 0.3) is 0 Å². The van der Waals surface area contributed by atoms with Gasteiger partial charge in [0.15, 0.2) is 0 Å². The Bertz CT molecular complexity index is 906. The molecule has 2 aromatic rings. The molecule has 1 amide bonds. The second kappa shape index (κ2) is 10.0. The number of carboxylic acid groups (broad SMARTS) is 1. The number of hydrogen-bond acceptors (Lipinski definition) is 5. The standard InChI is InChI=1S/C22H26FN3O4/c1-24-20-4-2-3-18(25-20)7-10-30-19-6-5-15-11-16(13-21(27)28)22(29)26(9-8-23)14-17(15)12-19/h2-6,12,16H,7-11,13-14H2,1H3,(H,24,25)(H,27,28)/t16-/m0/s1. The molecule has 0 radical (unpaired) electrons. The average Bonchev–Trinajstić information content (AvgIpc) is 2.85. The number of nitrogens with zero attached hydrogens (tertiary/aromatic N) is 2. The Morgan fingerprint density at radius 3 is 2.90 bits per heavy atom. The number of alkyl halides is 1. The summed E-state index contributed by atoms with van der Waals surface area (Å²) in [5, 5.41) is 12.1. The molecule has 8 heteroatoms. The van der Waals surface area contributed by atoms with Crippen molar-refractivity contribution in [1.29, 1.82) is 0 Å². The number of benzene rings is 1. The quantitative estimate of drug-likeness (QED) is 0.654. The smallest absolute Gasteiger partial charge is 0.304 e. The van der Waals surface area contributed by atoms with Crippen LogP contribution in [-0.2, 0) is 29.0 Å². The van der Waals surface area contributed by atoms with Gasteiger partial charge in [-0.2, -0.15) is 0 Å². The SMILES string of the molecule is CNc1cccc(CCOc2ccc3c(c2)CN(CCF)C(=O)[C@H](CC(=O)O)C3)n1. The number of aromatic nitrogens is 1. The third-order valence-corrected chi connectivity index (χ3v) is 5.13. The van der Waals surface area contributed by atoms with Crippen LogP contribution in [0.4, 0.5) is 10.2 Å². The van der Waals surface area contributed by atoms with E-state index >= 15 is 0 Å². The minimum absolute atomic E-state index is 0.0487. The van der Waals surface area contributed by atoms with E-state index in [4.69, 9.17) is 9.84 Å². The van der Waals surface area contributed by atoms with Gasteiger partial charge in [0.1, 0.15) is 18.2 Å². The first-order valence-corrected chi connectivity index (χ1v) is 9.95. The Kier molecular flexibility index (Phi) is 7.21. The van der Waals surface area contributed by atoms with Crippen LogP contribution in [0.25, 0.3) is 0 Å². The highest BCUT2D eigenvalue weighted by atomic mass is 19.1. The largest absolute Gasteiger partial charge is 0.493 e. The van der Waals surface area contributed by atoms with Gasteiger partial charge in [-0.05, 0) is 41.8 Å². The van der Waals surface area contributed by atoms with Gasteiger partial charge >= 0.3 is 5.97 Å². The minimum atomic E-state index is -1.03. The number of carboxylic acids is 1.